The molecule has 0 unspecified atom stereocenters. The number of allylic oxidation sites excluding steroid dienone is 3. The van der Waals surface area contributed by atoms with E-state index in [2.05, 4.69) is 38.1 Å². The Bertz CT molecular complexity index is 371. The van der Waals surface area contributed by atoms with E-state index in [0.29, 0.717) is 0 Å². The van der Waals surface area contributed by atoms with Gasteiger partial charge in [-0.1, -0.05) is 12.7 Å². The molecule has 1 aliphatic heterocycles. The molecule has 5 heteroatoms. The average Bonchev–Trinajstić information content (AvgIpc) is 2.39. The zero-order chi connectivity index (χ0) is 13.4. The largest absolute Gasteiger partial charge is 0.371 e. The van der Waals surface area contributed by atoms with Gasteiger partial charge in [0.05, 0.1) is 4.48 Å². The van der Waals surface area contributed by atoms with Gasteiger partial charge in [0.1, 0.15) is 11.6 Å². The number of aliphatic imine (C=N–C) groups is 1. The second kappa shape index (κ2) is 8.11. The maximum absolute atomic E-state index is 4.33. The fraction of sp³-hybridized carbons (Fsp3) is 0.462. The highest BCUT2D eigenvalue weighted by Crippen LogP contribution is 2.21. The van der Waals surface area contributed by atoms with Gasteiger partial charge in [-0.15, -0.1) is 0 Å². The van der Waals surface area contributed by atoms with Crippen LogP contribution >= 0.6 is 15.9 Å². The molecule has 0 aromatic carbocycles. The van der Waals surface area contributed by atoms with E-state index in [1.54, 1.807) is 12.3 Å². The summed E-state index contributed by atoms with van der Waals surface area (Å²) in [5, 5.41) is 6.56. The number of halogens is 1. The molecule has 1 aliphatic rings. The van der Waals surface area contributed by atoms with E-state index >= 15 is 0 Å². The summed E-state index contributed by atoms with van der Waals surface area (Å²) in [4.78, 5) is 6.34. The lowest BCUT2D eigenvalue weighted by molar-refractivity contribution is 0.454. The fourth-order valence-electron chi connectivity index (χ4n) is 1.62. The van der Waals surface area contributed by atoms with Crippen molar-refractivity contribution >= 4 is 22.1 Å². The molecule has 0 atom stereocenters. The van der Waals surface area contributed by atoms with Crippen LogP contribution in [0.4, 0.5) is 0 Å². The summed E-state index contributed by atoms with van der Waals surface area (Å²) >= 11 is 3.45. The van der Waals surface area contributed by atoms with Gasteiger partial charge in [0.25, 0.3) is 0 Å². The van der Waals surface area contributed by atoms with Crippen molar-refractivity contribution in [2.24, 2.45) is 4.99 Å². The average molecular weight is 313 g/mol. The Kier molecular flexibility index (Phi) is 6.75. The van der Waals surface area contributed by atoms with E-state index in [4.69, 9.17) is 0 Å². The van der Waals surface area contributed by atoms with Crippen LogP contribution in [0.5, 0.6) is 0 Å². The lowest BCUT2D eigenvalue weighted by Gasteiger charge is -2.26. The molecular formula is C13H21BrN4. The maximum Gasteiger partial charge on any atom is 0.148 e. The van der Waals surface area contributed by atoms with Crippen molar-refractivity contribution in [3.8, 4) is 0 Å². The van der Waals surface area contributed by atoms with E-state index in [1.165, 1.54) is 6.42 Å². The first-order chi connectivity index (χ1) is 8.70. The SMILES string of the molecule is C=C/C(Br)=C1/N=CC=C(NCCCCNC)N1C. The highest BCUT2D eigenvalue weighted by Gasteiger charge is 2.13. The zero-order valence-corrected chi connectivity index (χ0v) is 12.6. The second-order valence-corrected chi connectivity index (χ2v) is 4.86. The van der Waals surface area contributed by atoms with Crippen LogP contribution in [-0.2, 0) is 0 Å². The first-order valence-electron chi connectivity index (χ1n) is 6.09. The highest BCUT2D eigenvalue weighted by atomic mass is 79.9. The molecule has 0 spiro atoms. The molecule has 0 bridgehead atoms. The molecule has 0 aromatic heterocycles. The molecule has 1 rings (SSSR count). The van der Waals surface area contributed by atoms with Crippen LogP contribution in [-0.4, -0.2) is 38.3 Å². The third-order valence-corrected chi connectivity index (χ3v) is 3.34. The first kappa shape index (κ1) is 15.0. The number of hydrogen-bond donors (Lipinski definition) is 2. The number of nitrogens with zero attached hydrogens (tertiary/aromatic N) is 2. The Morgan fingerprint density at radius 1 is 1.50 bits per heavy atom. The van der Waals surface area contributed by atoms with Gasteiger partial charge in [-0.3, -0.25) is 0 Å². The van der Waals surface area contributed by atoms with E-state index < -0.39 is 0 Å². The van der Waals surface area contributed by atoms with Crippen molar-refractivity contribution in [2.45, 2.75) is 12.8 Å². The molecule has 0 radical (unpaired) electrons. The minimum Gasteiger partial charge on any atom is -0.371 e. The van der Waals surface area contributed by atoms with Crippen LogP contribution in [0.3, 0.4) is 0 Å². The van der Waals surface area contributed by atoms with Crippen molar-refractivity contribution < 1.29 is 0 Å². The first-order valence-corrected chi connectivity index (χ1v) is 6.88. The fourth-order valence-corrected chi connectivity index (χ4v) is 1.99. The summed E-state index contributed by atoms with van der Waals surface area (Å²) < 4.78 is 0.892. The number of rotatable bonds is 7. The quantitative estimate of drug-likeness (QED) is 0.708. The molecule has 0 fully saturated rings. The number of unbranched alkanes of at least 4 members (excludes halogenated alkanes) is 1. The van der Waals surface area contributed by atoms with Crippen molar-refractivity contribution in [1.82, 2.24) is 15.5 Å². The molecule has 0 saturated carbocycles. The van der Waals surface area contributed by atoms with Crippen LogP contribution in [0, 0.1) is 0 Å². The van der Waals surface area contributed by atoms with Crippen LogP contribution in [0.2, 0.25) is 0 Å². The summed E-state index contributed by atoms with van der Waals surface area (Å²) in [7, 11) is 3.97. The minimum atomic E-state index is 0.866. The molecule has 0 amide bonds. The van der Waals surface area contributed by atoms with Gasteiger partial charge >= 0.3 is 0 Å². The predicted molar refractivity (Wildman–Crippen MR) is 81.7 cm³/mol. The molecule has 4 nitrogen and oxygen atoms in total. The molecule has 0 aromatic rings. The number of hydrogen-bond acceptors (Lipinski definition) is 4. The van der Waals surface area contributed by atoms with Gasteiger partial charge in [0.2, 0.25) is 0 Å². The lowest BCUT2D eigenvalue weighted by Crippen LogP contribution is -2.31. The van der Waals surface area contributed by atoms with Gasteiger partial charge in [-0.05, 0) is 48.4 Å². The molecule has 100 valence electrons. The summed E-state index contributed by atoms with van der Waals surface area (Å²) in [6.45, 7) is 5.76. The lowest BCUT2D eigenvalue weighted by atomic mass is 10.3. The highest BCUT2D eigenvalue weighted by molar-refractivity contribution is 9.11. The maximum atomic E-state index is 4.33. The third kappa shape index (κ3) is 4.31. The van der Waals surface area contributed by atoms with Crippen molar-refractivity contribution in [3.05, 3.63) is 34.9 Å². The van der Waals surface area contributed by atoms with Crippen molar-refractivity contribution in [2.75, 3.05) is 27.2 Å². The van der Waals surface area contributed by atoms with Crippen LogP contribution in [0.25, 0.3) is 0 Å². The van der Waals surface area contributed by atoms with Gasteiger partial charge in [0, 0.05) is 19.8 Å². The Labute approximate surface area is 118 Å². The van der Waals surface area contributed by atoms with Gasteiger partial charge in [0.15, 0.2) is 0 Å². The summed E-state index contributed by atoms with van der Waals surface area (Å²) in [6.07, 6.45) is 7.85. The van der Waals surface area contributed by atoms with Crippen molar-refractivity contribution in [1.29, 1.82) is 0 Å². The summed E-state index contributed by atoms with van der Waals surface area (Å²) in [6, 6.07) is 0. The molecule has 0 saturated heterocycles. The van der Waals surface area contributed by atoms with E-state index in [0.717, 1.165) is 35.6 Å². The topological polar surface area (TPSA) is 39.7 Å². The van der Waals surface area contributed by atoms with Crippen molar-refractivity contribution in [3.63, 3.8) is 0 Å². The Morgan fingerprint density at radius 3 is 2.89 bits per heavy atom. The molecule has 2 N–H and O–H groups in total. The summed E-state index contributed by atoms with van der Waals surface area (Å²) in [5.74, 6) is 1.92. The third-order valence-electron chi connectivity index (χ3n) is 2.66. The minimum absolute atomic E-state index is 0.866. The van der Waals surface area contributed by atoms with Crippen LogP contribution < -0.4 is 10.6 Å². The molecular weight excluding hydrogens is 292 g/mol. The molecule has 18 heavy (non-hydrogen) atoms. The number of nitrogens with one attached hydrogen (secondary N) is 2. The second-order valence-electron chi connectivity index (χ2n) is 4.00. The normalized spacial score (nSPS) is 17.5. The van der Waals surface area contributed by atoms with E-state index in [1.807, 2.05) is 25.1 Å². The van der Waals surface area contributed by atoms with E-state index in [9.17, 15) is 0 Å². The monoisotopic (exact) mass is 312 g/mol. The van der Waals surface area contributed by atoms with Crippen LogP contribution in [0.15, 0.2) is 39.8 Å². The molecule has 0 aliphatic carbocycles. The Morgan fingerprint density at radius 2 is 2.22 bits per heavy atom. The van der Waals surface area contributed by atoms with Gasteiger partial charge in [-0.25, -0.2) is 4.99 Å². The standard InChI is InChI=1S/C13H21BrN4/c1-4-11(14)13-17-10-7-12(18(13)3)16-9-6-5-8-15-2/h4,7,10,15-16H,1,5-6,8-9H2,2-3H3/b13-11+. The molecule has 1 heterocycles. The zero-order valence-electron chi connectivity index (χ0n) is 11.0. The van der Waals surface area contributed by atoms with Gasteiger partial charge < -0.3 is 15.5 Å². The smallest absolute Gasteiger partial charge is 0.148 e. The van der Waals surface area contributed by atoms with E-state index in [-0.39, 0.29) is 0 Å². The van der Waals surface area contributed by atoms with Gasteiger partial charge in [-0.2, -0.15) is 0 Å². The predicted octanol–water partition coefficient (Wildman–Crippen LogP) is 2.18. The summed E-state index contributed by atoms with van der Waals surface area (Å²) in [5.41, 5.74) is 0. The Balaban J connectivity index is 2.50. The Hall–Kier alpha value is -1.07. The van der Waals surface area contributed by atoms with Crippen LogP contribution in [0.1, 0.15) is 12.8 Å².